The lowest BCUT2D eigenvalue weighted by atomic mass is 10.1. The minimum atomic E-state index is -1.03. The normalized spacial score (nSPS) is 14.6. The molecule has 0 bridgehead atoms. The van der Waals surface area contributed by atoms with Crippen LogP contribution in [0.25, 0.3) is 11.3 Å². The molecule has 1 amide bonds. The zero-order valence-corrected chi connectivity index (χ0v) is 17.8. The molecule has 0 spiro atoms. The smallest absolute Gasteiger partial charge is 0.404 e. The maximum absolute atomic E-state index is 10.7. The van der Waals surface area contributed by atoms with E-state index in [0.717, 1.165) is 55.4 Å². The van der Waals surface area contributed by atoms with Crippen LogP contribution in [0.1, 0.15) is 16.8 Å². The molecule has 3 heterocycles. The number of benzene rings is 1. The van der Waals surface area contributed by atoms with Gasteiger partial charge in [0.1, 0.15) is 5.69 Å². The van der Waals surface area contributed by atoms with Crippen molar-refractivity contribution in [1.82, 2.24) is 30.0 Å². The van der Waals surface area contributed by atoms with Crippen molar-refractivity contribution >= 4 is 11.9 Å². The molecule has 2 N–H and O–H groups in total. The average molecular weight is 422 g/mol. The molecule has 0 unspecified atom stereocenters. The molecule has 1 aliphatic heterocycles. The summed E-state index contributed by atoms with van der Waals surface area (Å²) in [6.45, 7) is 6.95. The molecule has 4 rings (SSSR count). The van der Waals surface area contributed by atoms with Gasteiger partial charge >= 0.3 is 6.09 Å². The molecule has 3 aromatic rings. The van der Waals surface area contributed by atoms with Gasteiger partial charge in [-0.1, -0.05) is 24.3 Å². The number of piperazine rings is 1. The topological polar surface area (TPSA) is 99.4 Å². The minimum absolute atomic E-state index is 0.279. The highest BCUT2D eigenvalue weighted by Gasteiger charge is 2.22. The summed E-state index contributed by atoms with van der Waals surface area (Å²) in [7, 11) is 1.97. The van der Waals surface area contributed by atoms with E-state index in [9.17, 15) is 4.79 Å². The van der Waals surface area contributed by atoms with E-state index in [1.54, 1.807) is 12.4 Å². The molecule has 1 saturated heterocycles. The maximum atomic E-state index is 10.7. The molecule has 1 aromatic carbocycles. The summed E-state index contributed by atoms with van der Waals surface area (Å²) in [5, 5.41) is 15.5. The molecular formula is C22H27N7O2. The van der Waals surface area contributed by atoms with Gasteiger partial charge in [0.05, 0.1) is 6.20 Å². The first-order chi connectivity index (χ1) is 15.0. The largest absolute Gasteiger partial charge is 0.465 e. The van der Waals surface area contributed by atoms with Gasteiger partial charge in [0, 0.05) is 75.5 Å². The predicted octanol–water partition coefficient (Wildman–Crippen LogP) is 2.28. The Bertz CT molecular complexity index is 1040. The Kier molecular flexibility index (Phi) is 6.13. The van der Waals surface area contributed by atoms with E-state index < -0.39 is 6.09 Å². The average Bonchev–Trinajstić information content (AvgIpc) is 3.11. The van der Waals surface area contributed by atoms with E-state index in [1.165, 1.54) is 11.3 Å². The molecular weight excluding hydrogens is 394 g/mol. The number of hydrogen-bond donors (Lipinski definition) is 2. The van der Waals surface area contributed by atoms with Crippen molar-refractivity contribution in [1.29, 1.82) is 0 Å². The summed E-state index contributed by atoms with van der Waals surface area (Å²) in [6.07, 6.45) is 4.37. The van der Waals surface area contributed by atoms with Crippen LogP contribution in [0, 0.1) is 6.92 Å². The van der Waals surface area contributed by atoms with Crippen molar-refractivity contribution in [2.75, 3.05) is 31.1 Å². The van der Waals surface area contributed by atoms with Crippen LogP contribution in [0.2, 0.25) is 0 Å². The Balaban J connectivity index is 1.43. The maximum Gasteiger partial charge on any atom is 0.404 e. The van der Waals surface area contributed by atoms with Gasteiger partial charge in [0.15, 0.2) is 5.82 Å². The van der Waals surface area contributed by atoms with E-state index in [0.29, 0.717) is 0 Å². The monoisotopic (exact) mass is 421 g/mol. The SMILES string of the molecule is Cc1c(CN2CCN(c3nccnc3-c3ccc(CNC(=O)O)cc3)CC2)cnn1C. The van der Waals surface area contributed by atoms with E-state index in [-0.39, 0.29) is 6.54 Å². The second-order valence-electron chi connectivity index (χ2n) is 7.73. The van der Waals surface area contributed by atoms with Gasteiger partial charge in [0.25, 0.3) is 0 Å². The van der Waals surface area contributed by atoms with Crippen LogP contribution in [0.5, 0.6) is 0 Å². The fraction of sp³-hybridized carbons (Fsp3) is 0.364. The van der Waals surface area contributed by atoms with Crippen molar-refractivity contribution in [3.05, 3.63) is 59.7 Å². The third-order valence-corrected chi connectivity index (χ3v) is 5.75. The van der Waals surface area contributed by atoms with Crippen LogP contribution in [-0.2, 0) is 20.1 Å². The predicted molar refractivity (Wildman–Crippen MR) is 118 cm³/mol. The van der Waals surface area contributed by atoms with E-state index in [1.807, 2.05) is 42.2 Å². The summed E-state index contributed by atoms with van der Waals surface area (Å²) in [5.74, 6) is 0.885. The molecule has 0 atom stereocenters. The highest BCUT2D eigenvalue weighted by Crippen LogP contribution is 2.28. The van der Waals surface area contributed by atoms with Crippen molar-refractivity contribution in [2.45, 2.75) is 20.0 Å². The Morgan fingerprint density at radius 2 is 1.81 bits per heavy atom. The number of amides is 1. The number of nitrogens with one attached hydrogen (secondary N) is 1. The van der Waals surface area contributed by atoms with Crippen LogP contribution in [0.4, 0.5) is 10.6 Å². The van der Waals surface area contributed by atoms with Gasteiger partial charge in [-0.25, -0.2) is 9.78 Å². The second kappa shape index (κ2) is 9.13. The third kappa shape index (κ3) is 4.83. The first kappa shape index (κ1) is 20.8. The Morgan fingerprint density at radius 1 is 1.10 bits per heavy atom. The highest BCUT2D eigenvalue weighted by atomic mass is 16.4. The first-order valence-electron chi connectivity index (χ1n) is 10.3. The van der Waals surface area contributed by atoms with Gasteiger partial charge in [-0.05, 0) is 12.5 Å². The zero-order valence-electron chi connectivity index (χ0n) is 17.8. The summed E-state index contributed by atoms with van der Waals surface area (Å²) in [5.41, 5.74) is 5.19. The summed E-state index contributed by atoms with van der Waals surface area (Å²) in [4.78, 5) is 24.6. The molecule has 0 radical (unpaired) electrons. The van der Waals surface area contributed by atoms with Crippen LogP contribution in [0.3, 0.4) is 0 Å². The molecule has 162 valence electrons. The second-order valence-corrected chi connectivity index (χ2v) is 7.73. The van der Waals surface area contributed by atoms with E-state index in [4.69, 9.17) is 5.11 Å². The van der Waals surface area contributed by atoms with Gasteiger partial charge in [-0.2, -0.15) is 5.10 Å². The summed E-state index contributed by atoms with van der Waals surface area (Å²) >= 11 is 0. The molecule has 9 nitrogen and oxygen atoms in total. The minimum Gasteiger partial charge on any atom is -0.465 e. The fourth-order valence-electron chi connectivity index (χ4n) is 3.78. The number of aromatic nitrogens is 4. The summed E-state index contributed by atoms with van der Waals surface area (Å²) in [6, 6.07) is 7.76. The number of rotatable bonds is 6. The molecule has 31 heavy (non-hydrogen) atoms. The van der Waals surface area contributed by atoms with Crippen molar-refractivity contribution in [2.24, 2.45) is 7.05 Å². The van der Waals surface area contributed by atoms with Gasteiger partial charge < -0.3 is 15.3 Å². The Labute approximate surface area is 181 Å². The standard InChI is InChI=1S/C22H27N7O2/c1-16-19(14-26-27(16)2)15-28-9-11-29(12-10-28)21-20(23-7-8-24-21)18-5-3-17(4-6-18)13-25-22(30)31/h3-8,14,25H,9-13,15H2,1-2H3,(H,30,31). The lowest BCUT2D eigenvalue weighted by Crippen LogP contribution is -2.46. The Morgan fingerprint density at radius 3 is 2.45 bits per heavy atom. The van der Waals surface area contributed by atoms with Crippen molar-refractivity contribution < 1.29 is 9.90 Å². The molecule has 9 heteroatoms. The van der Waals surface area contributed by atoms with E-state index >= 15 is 0 Å². The number of hydrogen-bond acceptors (Lipinski definition) is 6. The quantitative estimate of drug-likeness (QED) is 0.630. The third-order valence-electron chi connectivity index (χ3n) is 5.75. The zero-order chi connectivity index (χ0) is 21.8. The Hall–Kier alpha value is -3.46. The van der Waals surface area contributed by atoms with E-state index in [2.05, 4.69) is 37.1 Å². The summed E-state index contributed by atoms with van der Waals surface area (Å²) < 4.78 is 1.92. The highest BCUT2D eigenvalue weighted by molar-refractivity contribution is 5.72. The molecule has 0 aliphatic carbocycles. The molecule has 0 saturated carbocycles. The number of carbonyl (C=O) groups is 1. The van der Waals surface area contributed by atoms with Crippen LogP contribution < -0.4 is 10.2 Å². The number of nitrogens with zero attached hydrogens (tertiary/aromatic N) is 6. The lowest BCUT2D eigenvalue weighted by molar-refractivity contribution is 0.194. The molecule has 1 fully saturated rings. The van der Waals surface area contributed by atoms with Crippen LogP contribution in [0.15, 0.2) is 42.9 Å². The number of aryl methyl sites for hydroxylation is 1. The lowest BCUT2D eigenvalue weighted by Gasteiger charge is -2.35. The van der Waals surface area contributed by atoms with Gasteiger partial charge in [-0.3, -0.25) is 14.6 Å². The van der Waals surface area contributed by atoms with Gasteiger partial charge in [0.2, 0.25) is 0 Å². The first-order valence-corrected chi connectivity index (χ1v) is 10.3. The van der Waals surface area contributed by atoms with Crippen LogP contribution >= 0.6 is 0 Å². The van der Waals surface area contributed by atoms with Crippen LogP contribution in [-0.4, -0.2) is 62.0 Å². The molecule has 1 aliphatic rings. The number of carboxylic acid groups (broad SMARTS) is 1. The fourth-order valence-corrected chi connectivity index (χ4v) is 3.78. The van der Waals surface area contributed by atoms with Crippen molar-refractivity contribution in [3.63, 3.8) is 0 Å². The number of anilines is 1. The van der Waals surface area contributed by atoms with Crippen molar-refractivity contribution in [3.8, 4) is 11.3 Å². The van der Waals surface area contributed by atoms with Gasteiger partial charge in [-0.15, -0.1) is 0 Å². The molecule has 2 aromatic heterocycles.